The molecule has 0 radical (unpaired) electrons. The Morgan fingerprint density at radius 3 is 2.62 bits per heavy atom. The molecule has 1 aliphatic rings. The van der Waals surface area contributed by atoms with Gasteiger partial charge in [0.1, 0.15) is 0 Å². The molecule has 0 bridgehead atoms. The number of esters is 1. The summed E-state index contributed by atoms with van der Waals surface area (Å²) in [5.74, 6) is 0.288. The van der Waals surface area contributed by atoms with E-state index in [1.807, 2.05) is 6.92 Å². The van der Waals surface area contributed by atoms with Gasteiger partial charge in [0.2, 0.25) is 0 Å². The Kier molecular flexibility index (Phi) is 8.61. The number of nitrogens with two attached hydrogens (primary N) is 1. The van der Waals surface area contributed by atoms with Crippen LogP contribution in [0.5, 0.6) is 0 Å². The summed E-state index contributed by atoms with van der Waals surface area (Å²) < 4.78 is 10.3. The molecule has 1 saturated heterocycles. The molecule has 0 aromatic rings. The molecule has 96 valence electrons. The SMILES string of the molecule is CCOC(=O)C(CN)CC1CCOCC1.Cl. The van der Waals surface area contributed by atoms with Gasteiger partial charge in [-0.1, -0.05) is 0 Å². The molecule has 2 N–H and O–H groups in total. The third kappa shape index (κ3) is 5.14. The molecule has 0 spiro atoms. The Balaban J connectivity index is 0.00000225. The average Bonchev–Trinajstić information content (AvgIpc) is 2.27. The van der Waals surface area contributed by atoms with E-state index in [1.165, 1.54) is 0 Å². The van der Waals surface area contributed by atoms with Crippen LogP contribution in [0.1, 0.15) is 26.2 Å². The van der Waals surface area contributed by atoms with Gasteiger partial charge in [-0.25, -0.2) is 0 Å². The number of rotatable bonds is 5. The monoisotopic (exact) mass is 251 g/mol. The van der Waals surface area contributed by atoms with Crippen molar-refractivity contribution in [3.05, 3.63) is 0 Å². The van der Waals surface area contributed by atoms with E-state index in [0.29, 0.717) is 19.1 Å². The van der Waals surface area contributed by atoms with E-state index in [9.17, 15) is 4.79 Å². The maximum absolute atomic E-state index is 11.5. The second-order valence-electron chi connectivity index (χ2n) is 3.98. The van der Waals surface area contributed by atoms with Crippen molar-refractivity contribution in [3.8, 4) is 0 Å². The Morgan fingerprint density at radius 2 is 2.12 bits per heavy atom. The van der Waals surface area contributed by atoms with Crippen LogP contribution in [0.15, 0.2) is 0 Å². The van der Waals surface area contributed by atoms with Crippen LogP contribution in [0, 0.1) is 11.8 Å². The van der Waals surface area contributed by atoms with Crippen LogP contribution in [0.3, 0.4) is 0 Å². The van der Waals surface area contributed by atoms with Crippen molar-refractivity contribution in [3.63, 3.8) is 0 Å². The molecule has 0 amide bonds. The van der Waals surface area contributed by atoms with Gasteiger partial charge in [-0.05, 0) is 32.1 Å². The zero-order valence-corrected chi connectivity index (χ0v) is 10.6. The van der Waals surface area contributed by atoms with Crippen LogP contribution >= 0.6 is 12.4 Å². The summed E-state index contributed by atoms with van der Waals surface area (Å²) in [6.07, 6.45) is 2.92. The fourth-order valence-electron chi connectivity index (χ4n) is 1.93. The minimum absolute atomic E-state index is 0. The Hall–Kier alpha value is -0.320. The van der Waals surface area contributed by atoms with Gasteiger partial charge in [0.05, 0.1) is 12.5 Å². The number of halogens is 1. The van der Waals surface area contributed by atoms with Gasteiger partial charge in [0.15, 0.2) is 0 Å². The van der Waals surface area contributed by atoms with Crippen molar-refractivity contribution in [2.75, 3.05) is 26.4 Å². The van der Waals surface area contributed by atoms with Crippen molar-refractivity contribution in [1.82, 2.24) is 0 Å². The first kappa shape index (κ1) is 15.7. The lowest BCUT2D eigenvalue weighted by atomic mass is 9.89. The quantitative estimate of drug-likeness (QED) is 0.750. The van der Waals surface area contributed by atoms with E-state index < -0.39 is 0 Å². The maximum atomic E-state index is 11.5. The van der Waals surface area contributed by atoms with E-state index in [0.717, 1.165) is 32.5 Å². The van der Waals surface area contributed by atoms with E-state index >= 15 is 0 Å². The fourth-order valence-corrected chi connectivity index (χ4v) is 1.93. The topological polar surface area (TPSA) is 61.5 Å². The van der Waals surface area contributed by atoms with E-state index in [-0.39, 0.29) is 24.3 Å². The molecule has 0 aromatic heterocycles. The lowest BCUT2D eigenvalue weighted by molar-refractivity contribution is -0.148. The highest BCUT2D eigenvalue weighted by atomic mass is 35.5. The molecule has 16 heavy (non-hydrogen) atoms. The normalized spacial score (nSPS) is 18.6. The Morgan fingerprint density at radius 1 is 1.50 bits per heavy atom. The molecule has 1 rings (SSSR count). The molecular formula is C11H22ClNO3. The molecule has 1 atom stereocenters. The number of carbonyl (C=O) groups excluding carboxylic acids is 1. The molecule has 0 aliphatic carbocycles. The zero-order chi connectivity index (χ0) is 11.1. The third-order valence-electron chi connectivity index (χ3n) is 2.86. The number of ether oxygens (including phenoxy) is 2. The van der Waals surface area contributed by atoms with E-state index in [2.05, 4.69) is 0 Å². The standard InChI is InChI=1S/C11H21NO3.ClH/c1-2-15-11(13)10(8-12)7-9-3-5-14-6-4-9;/h9-10H,2-8,12H2,1H3;1H. The molecule has 4 nitrogen and oxygen atoms in total. The van der Waals surface area contributed by atoms with Gasteiger partial charge in [-0.2, -0.15) is 0 Å². The van der Waals surface area contributed by atoms with Crippen LogP contribution in [0.25, 0.3) is 0 Å². The highest BCUT2D eigenvalue weighted by molar-refractivity contribution is 5.85. The Bertz CT molecular complexity index is 196. The van der Waals surface area contributed by atoms with Crippen LogP contribution in [0.4, 0.5) is 0 Å². The van der Waals surface area contributed by atoms with Crippen LogP contribution in [-0.4, -0.2) is 32.3 Å². The number of hydrogen-bond acceptors (Lipinski definition) is 4. The first-order valence-corrected chi connectivity index (χ1v) is 5.72. The van der Waals surface area contributed by atoms with Gasteiger partial charge < -0.3 is 15.2 Å². The van der Waals surface area contributed by atoms with Gasteiger partial charge in [-0.3, -0.25) is 4.79 Å². The lowest BCUT2D eigenvalue weighted by Crippen LogP contribution is -2.29. The number of carbonyl (C=O) groups is 1. The second kappa shape index (κ2) is 8.79. The molecule has 1 heterocycles. The summed E-state index contributed by atoms with van der Waals surface area (Å²) in [4.78, 5) is 11.5. The molecule has 0 saturated carbocycles. The van der Waals surface area contributed by atoms with Gasteiger partial charge in [-0.15, -0.1) is 12.4 Å². The van der Waals surface area contributed by atoms with Crippen LogP contribution < -0.4 is 5.73 Å². The predicted octanol–water partition coefficient (Wildman–Crippen LogP) is 1.36. The summed E-state index contributed by atoms with van der Waals surface area (Å²) in [6, 6.07) is 0. The van der Waals surface area contributed by atoms with E-state index in [4.69, 9.17) is 15.2 Å². The van der Waals surface area contributed by atoms with Gasteiger partial charge in [0.25, 0.3) is 0 Å². The van der Waals surface area contributed by atoms with E-state index in [1.54, 1.807) is 0 Å². The summed E-state index contributed by atoms with van der Waals surface area (Å²) >= 11 is 0. The zero-order valence-electron chi connectivity index (χ0n) is 9.81. The second-order valence-corrected chi connectivity index (χ2v) is 3.98. The molecule has 1 fully saturated rings. The van der Waals surface area contributed by atoms with Crippen molar-refractivity contribution >= 4 is 18.4 Å². The average molecular weight is 252 g/mol. The maximum Gasteiger partial charge on any atom is 0.310 e. The molecular weight excluding hydrogens is 230 g/mol. The Labute approximate surface area is 103 Å². The van der Waals surface area contributed by atoms with Crippen molar-refractivity contribution in [1.29, 1.82) is 0 Å². The number of hydrogen-bond donors (Lipinski definition) is 1. The highest BCUT2D eigenvalue weighted by Crippen LogP contribution is 2.23. The van der Waals surface area contributed by atoms with Gasteiger partial charge >= 0.3 is 5.97 Å². The van der Waals surface area contributed by atoms with Gasteiger partial charge in [0, 0.05) is 19.8 Å². The first-order valence-electron chi connectivity index (χ1n) is 5.72. The smallest absolute Gasteiger partial charge is 0.310 e. The summed E-state index contributed by atoms with van der Waals surface area (Å²) in [7, 11) is 0. The largest absolute Gasteiger partial charge is 0.466 e. The minimum Gasteiger partial charge on any atom is -0.466 e. The summed E-state index contributed by atoms with van der Waals surface area (Å²) in [5, 5.41) is 0. The van der Waals surface area contributed by atoms with Crippen LogP contribution in [0.2, 0.25) is 0 Å². The van der Waals surface area contributed by atoms with Crippen molar-refractivity contribution in [2.45, 2.75) is 26.2 Å². The van der Waals surface area contributed by atoms with Crippen molar-refractivity contribution in [2.24, 2.45) is 17.6 Å². The lowest BCUT2D eigenvalue weighted by Gasteiger charge is -2.25. The molecule has 0 aromatic carbocycles. The minimum atomic E-state index is -0.147. The van der Waals surface area contributed by atoms with Crippen LogP contribution in [-0.2, 0) is 14.3 Å². The third-order valence-corrected chi connectivity index (χ3v) is 2.86. The molecule has 1 aliphatic heterocycles. The molecule has 1 unspecified atom stereocenters. The first-order chi connectivity index (χ1) is 7.27. The molecule has 5 heteroatoms. The van der Waals surface area contributed by atoms with Crippen molar-refractivity contribution < 1.29 is 14.3 Å². The summed E-state index contributed by atoms with van der Waals surface area (Å²) in [6.45, 7) is 4.26. The summed E-state index contributed by atoms with van der Waals surface area (Å²) in [5.41, 5.74) is 5.59. The predicted molar refractivity (Wildman–Crippen MR) is 64.6 cm³/mol. The fraction of sp³-hybridized carbons (Fsp3) is 0.909. The highest BCUT2D eigenvalue weighted by Gasteiger charge is 2.24.